The van der Waals surface area contributed by atoms with E-state index in [9.17, 15) is 4.79 Å². The van der Waals surface area contributed by atoms with Crippen LogP contribution < -0.4 is 5.32 Å². The highest BCUT2D eigenvalue weighted by Crippen LogP contribution is 2.13. The van der Waals surface area contributed by atoms with Crippen molar-refractivity contribution >= 4 is 18.0 Å². The first-order valence-corrected chi connectivity index (χ1v) is 6.98. The molecule has 20 heavy (non-hydrogen) atoms. The molecule has 4 heteroatoms. The minimum absolute atomic E-state index is 0.338. The van der Waals surface area contributed by atoms with Gasteiger partial charge in [0.2, 0.25) is 0 Å². The third-order valence-electron chi connectivity index (χ3n) is 3.31. The number of amides is 1. The number of nitrogens with zero attached hydrogens (tertiary/aromatic N) is 1. The Labute approximate surface area is 121 Å². The number of aromatic nitrogens is 1. The lowest BCUT2D eigenvalue weighted by atomic mass is 10.00. The second kappa shape index (κ2) is 7.68. The number of ether oxygens (including phenoxy) is 1. The van der Waals surface area contributed by atoms with Crippen molar-refractivity contribution in [3.63, 3.8) is 0 Å². The van der Waals surface area contributed by atoms with Crippen LogP contribution >= 0.6 is 0 Å². The lowest BCUT2D eigenvalue weighted by Crippen LogP contribution is -2.20. The molecule has 1 aromatic heterocycles. The largest absolute Gasteiger partial charge is 0.449 e. The fraction of sp³-hybridized carbons (Fsp3) is 0.500. The fourth-order valence-corrected chi connectivity index (χ4v) is 1.48. The van der Waals surface area contributed by atoms with E-state index in [1.54, 1.807) is 6.07 Å². The molecule has 4 nitrogen and oxygen atoms in total. The number of pyridine rings is 1. The molecule has 0 fully saturated rings. The van der Waals surface area contributed by atoms with Crippen LogP contribution in [0.1, 0.15) is 39.0 Å². The number of rotatable bonds is 5. The topological polar surface area (TPSA) is 51.2 Å². The number of hydrogen-bond acceptors (Lipinski definition) is 3. The van der Waals surface area contributed by atoms with E-state index in [2.05, 4.69) is 31.1 Å². The first kappa shape index (κ1) is 16.2. The van der Waals surface area contributed by atoms with Crippen molar-refractivity contribution in [2.24, 2.45) is 11.8 Å². The van der Waals surface area contributed by atoms with Gasteiger partial charge in [-0.25, -0.2) is 9.78 Å². The maximum atomic E-state index is 11.7. The Balaban J connectivity index is 2.60. The van der Waals surface area contributed by atoms with E-state index < -0.39 is 6.09 Å². The van der Waals surface area contributed by atoms with E-state index >= 15 is 0 Å². The van der Waals surface area contributed by atoms with Crippen LogP contribution in [0, 0.1) is 18.8 Å². The zero-order chi connectivity index (χ0) is 15.1. The Morgan fingerprint density at radius 3 is 2.70 bits per heavy atom. The fourth-order valence-electron chi connectivity index (χ4n) is 1.48. The maximum Gasteiger partial charge on any atom is 0.412 e. The Kier molecular flexibility index (Phi) is 6.22. The molecule has 0 saturated carbocycles. The van der Waals surface area contributed by atoms with Crippen LogP contribution in [0.5, 0.6) is 0 Å². The second-order valence-electron chi connectivity index (χ2n) is 5.34. The first-order valence-electron chi connectivity index (χ1n) is 6.98. The normalized spacial score (nSPS) is 12.7. The lowest BCUT2D eigenvalue weighted by molar-refractivity contribution is 0.133. The molecule has 0 radical (unpaired) electrons. The molecule has 1 rings (SSSR count). The minimum Gasteiger partial charge on any atom is -0.449 e. The Morgan fingerprint density at radius 2 is 2.10 bits per heavy atom. The highest BCUT2D eigenvalue weighted by molar-refractivity contribution is 5.83. The van der Waals surface area contributed by atoms with E-state index in [0.717, 1.165) is 11.3 Å². The summed E-state index contributed by atoms with van der Waals surface area (Å²) in [5.41, 5.74) is 1.91. The summed E-state index contributed by atoms with van der Waals surface area (Å²) in [6, 6.07) is 3.70. The number of anilines is 1. The van der Waals surface area contributed by atoms with Crippen LogP contribution in [0.2, 0.25) is 0 Å². The van der Waals surface area contributed by atoms with Crippen molar-refractivity contribution < 1.29 is 9.53 Å². The van der Waals surface area contributed by atoms with Crippen molar-refractivity contribution in [1.29, 1.82) is 0 Å². The number of allylic oxidation sites excluding steroid dienone is 1. The number of hydrogen-bond donors (Lipinski definition) is 1. The maximum absolute atomic E-state index is 11.7. The molecule has 110 valence electrons. The lowest BCUT2D eigenvalue weighted by Gasteiger charge is -2.15. The summed E-state index contributed by atoms with van der Waals surface area (Å²) >= 11 is 0. The van der Waals surface area contributed by atoms with Crippen molar-refractivity contribution in [3.05, 3.63) is 29.5 Å². The van der Waals surface area contributed by atoms with Gasteiger partial charge in [0.25, 0.3) is 0 Å². The van der Waals surface area contributed by atoms with Gasteiger partial charge in [-0.05, 0) is 43.4 Å². The quantitative estimate of drug-likeness (QED) is 0.874. The molecule has 1 aromatic rings. The molecule has 1 N–H and O–H groups in total. The molecule has 1 amide bonds. The molecule has 0 bridgehead atoms. The zero-order valence-corrected chi connectivity index (χ0v) is 12.9. The first-order chi connectivity index (χ1) is 9.43. The molecule has 0 aliphatic heterocycles. The van der Waals surface area contributed by atoms with E-state index in [0.29, 0.717) is 24.3 Å². The van der Waals surface area contributed by atoms with Gasteiger partial charge in [-0.15, -0.1) is 0 Å². The molecule has 1 atom stereocenters. The zero-order valence-electron chi connectivity index (χ0n) is 12.9. The van der Waals surface area contributed by atoms with Gasteiger partial charge in [0.1, 0.15) is 5.82 Å². The molecule has 0 aliphatic carbocycles. The smallest absolute Gasteiger partial charge is 0.412 e. The number of nitrogens with one attached hydrogen (secondary N) is 1. The summed E-state index contributed by atoms with van der Waals surface area (Å²) in [5.74, 6) is 1.33. The minimum atomic E-state index is -0.458. The Bertz CT molecular complexity index is 481. The molecular formula is C16H24N2O2. The third kappa shape index (κ3) is 5.03. The predicted molar refractivity (Wildman–Crippen MR) is 82.7 cm³/mol. The molecule has 0 unspecified atom stereocenters. The SMILES string of the molecule is C/C=C\c1nc(NC(=O)OC[C@@H](C)C(C)C)ccc1C. The summed E-state index contributed by atoms with van der Waals surface area (Å²) < 4.78 is 5.19. The molecule has 0 aromatic carbocycles. The van der Waals surface area contributed by atoms with Gasteiger partial charge in [0.05, 0.1) is 12.3 Å². The molecular weight excluding hydrogens is 252 g/mol. The molecule has 0 saturated heterocycles. The van der Waals surface area contributed by atoms with Crippen molar-refractivity contribution in [1.82, 2.24) is 4.98 Å². The van der Waals surface area contributed by atoms with Gasteiger partial charge in [0.15, 0.2) is 0 Å². The van der Waals surface area contributed by atoms with Crippen LogP contribution in [0.15, 0.2) is 18.2 Å². The standard InChI is InChI=1S/C16H24N2O2/c1-6-7-14-12(4)8-9-15(17-14)18-16(19)20-10-13(5)11(2)3/h6-9,11,13H,10H2,1-5H3,(H,17,18,19)/b7-6-/t13-/m1/s1. The van der Waals surface area contributed by atoms with Crippen molar-refractivity contribution in [2.45, 2.75) is 34.6 Å². The summed E-state index contributed by atoms with van der Waals surface area (Å²) in [6.07, 6.45) is 3.37. The number of carbonyl (C=O) groups excluding carboxylic acids is 1. The predicted octanol–water partition coefficient (Wildman–Crippen LogP) is 4.26. The monoisotopic (exact) mass is 276 g/mol. The van der Waals surface area contributed by atoms with Crippen LogP contribution in [-0.4, -0.2) is 17.7 Å². The Morgan fingerprint density at radius 1 is 1.40 bits per heavy atom. The average Bonchev–Trinajstić information content (AvgIpc) is 2.40. The van der Waals surface area contributed by atoms with Gasteiger partial charge >= 0.3 is 6.09 Å². The van der Waals surface area contributed by atoms with Crippen LogP contribution in [0.25, 0.3) is 6.08 Å². The highest BCUT2D eigenvalue weighted by atomic mass is 16.5. The van der Waals surface area contributed by atoms with Crippen LogP contribution in [0.4, 0.5) is 10.6 Å². The molecule has 1 heterocycles. The Hall–Kier alpha value is -1.84. The van der Waals surface area contributed by atoms with Crippen molar-refractivity contribution in [2.75, 3.05) is 11.9 Å². The summed E-state index contributed by atoms with van der Waals surface area (Å²) in [5, 5.41) is 2.66. The highest BCUT2D eigenvalue weighted by Gasteiger charge is 2.11. The van der Waals surface area contributed by atoms with Gasteiger partial charge in [-0.1, -0.05) is 32.9 Å². The van der Waals surface area contributed by atoms with Crippen molar-refractivity contribution in [3.8, 4) is 0 Å². The van der Waals surface area contributed by atoms with Crippen LogP contribution in [0.3, 0.4) is 0 Å². The summed E-state index contributed by atoms with van der Waals surface area (Å²) in [6.45, 7) is 10.6. The van der Waals surface area contributed by atoms with E-state index in [-0.39, 0.29) is 0 Å². The number of carbonyl (C=O) groups is 1. The van der Waals surface area contributed by atoms with Gasteiger partial charge in [-0.3, -0.25) is 5.32 Å². The van der Waals surface area contributed by atoms with E-state index in [1.165, 1.54) is 0 Å². The summed E-state index contributed by atoms with van der Waals surface area (Å²) in [7, 11) is 0. The van der Waals surface area contributed by atoms with Crippen LogP contribution in [-0.2, 0) is 4.74 Å². The second-order valence-corrected chi connectivity index (χ2v) is 5.34. The average molecular weight is 276 g/mol. The van der Waals surface area contributed by atoms with Gasteiger partial charge in [0, 0.05) is 0 Å². The third-order valence-corrected chi connectivity index (χ3v) is 3.31. The van der Waals surface area contributed by atoms with Gasteiger partial charge in [-0.2, -0.15) is 0 Å². The number of aryl methyl sites for hydroxylation is 1. The van der Waals surface area contributed by atoms with Gasteiger partial charge < -0.3 is 4.74 Å². The molecule has 0 aliphatic rings. The molecule has 0 spiro atoms. The van der Waals surface area contributed by atoms with E-state index in [1.807, 2.05) is 32.1 Å². The van der Waals surface area contributed by atoms with E-state index in [4.69, 9.17) is 4.74 Å². The summed E-state index contributed by atoms with van der Waals surface area (Å²) in [4.78, 5) is 16.1.